The molecule has 0 saturated carbocycles. The standard InChI is InChI=1S/C14H12BrFN2S/c1-8-2-3-9(15)6-13(8)18-10-4-5-11(14(17)19)12(16)7-10/h2-7,18H,1H3,(H2,17,19). The number of nitrogens with two attached hydrogens (primary N) is 1. The third-order valence-corrected chi connectivity index (χ3v) is 3.43. The lowest BCUT2D eigenvalue weighted by atomic mass is 10.1. The highest BCUT2D eigenvalue weighted by molar-refractivity contribution is 9.10. The second kappa shape index (κ2) is 5.67. The van der Waals surface area contributed by atoms with Crippen molar-refractivity contribution >= 4 is 44.5 Å². The minimum atomic E-state index is -0.426. The maximum absolute atomic E-state index is 13.8. The summed E-state index contributed by atoms with van der Waals surface area (Å²) >= 11 is 8.18. The van der Waals surface area contributed by atoms with Gasteiger partial charge in [0.05, 0.1) is 0 Å². The Kier molecular flexibility index (Phi) is 4.17. The van der Waals surface area contributed by atoms with Gasteiger partial charge in [-0.25, -0.2) is 4.39 Å². The Morgan fingerprint density at radius 3 is 2.63 bits per heavy atom. The van der Waals surface area contributed by atoms with Crippen LogP contribution in [0.4, 0.5) is 15.8 Å². The molecule has 0 unspecified atom stereocenters. The summed E-state index contributed by atoms with van der Waals surface area (Å²) in [5.41, 5.74) is 8.32. The molecule has 0 amide bonds. The highest BCUT2D eigenvalue weighted by Crippen LogP contribution is 2.25. The van der Waals surface area contributed by atoms with Gasteiger partial charge in [-0.3, -0.25) is 0 Å². The SMILES string of the molecule is Cc1ccc(Br)cc1Nc1ccc(C(N)=S)c(F)c1. The van der Waals surface area contributed by atoms with Crippen molar-refractivity contribution in [3.63, 3.8) is 0 Å². The summed E-state index contributed by atoms with van der Waals surface area (Å²) in [4.78, 5) is 0.0580. The van der Waals surface area contributed by atoms with Crippen LogP contribution in [0.3, 0.4) is 0 Å². The minimum Gasteiger partial charge on any atom is -0.389 e. The molecule has 0 saturated heterocycles. The lowest BCUT2D eigenvalue weighted by molar-refractivity contribution is 0.626. The molecule has 2 rings (SSSR count). The fraction of sp³-hybridized carbons (Fsp3) is 0.0714. The summed E-state index contributed by atoms with van der Waals surface area (Å²) in [5, 5.41) is 3.17. The predicted molar refractivity (Wildman–Crippen MR) is 84.4 cm³/mol. The van der Waals surface area contributed by atoms with Crippen LogP contribution < -0.4 is 11.1 Å². The van der Waals surface area contributed by atoms with Crippen molar-refractivity contribution in [1.82, 2.24) is 0 Å². The zero-order valence-corrected chi connectivity index (χ0v) is 12.6. The van der Waals surface area contributed by atoms with E-state index in [4.69, 9.17) is 18.0 Å². The van der Waals surface area contributed by atoms with Crippen molar-refractivity contribution in [1.29, 1.82) is 0 Å². The van der Waals surface area contributed by atoms with Crippen LogP contribution in [-0.2, 0) is 0 Å². The normalized spacial score (nSPS) is 10.3. The molecule has 0 fully saturated rings. The van der Waals surface area contributed by atoms with Crippen molar-refractivity contribution < 1.29 is 4.39 Å². The van der Waals surface area contributed by atoms with Crippen LogP contribution in [0.15, 0.2) is 40.9 Å². The first-order chi connectivity index (χ1) is 8.97. The van der Waals surface area contributed by atoms with Gasteiger partial charge >= 0.3 is 0 Å². The summed E-state index contributed by atoms with van der Waals surface area (Å²) < 4.78 is 14.7. The van der Waals surface area contributed by atoms with E-state index in [1.807, 2.05) is 25.1 Å². The van der Waals surface area contributed by atoms with Gasteiger partial charge < -0.3 is 11.1 Å². The summed E-state index contributed by atoms with van der Waals surface area (Å²) in [6.45, 7) is 1.98. The Morgan fingerprint density at radius 2 is 2.00 bits per heavy atom. The van der Waals surface area contributed by atoms with E-state index < -0.39 is 5.82 Å². The average molecular weight is 339 g/mol. The predicted octanol–water partition coefficient (Wildman–Crippen LogP) is 4.27. The average Bonchev–Trinajstić information content (AvgIpc) is 2.33. The van der Waals surface area contributed by atoms with Crippen molar-refractivity contribution in [3.05, 3.63) is 57.8 Å². The van der Waals surface area contributed by atoms with E-state index in [0.717, 1.165) is 15.7 Å². The van der Waals surface area contributed by atoms with Gasteiger partial charge in [0, 0.05) is 21.4 Å². The van der Waals surface area contributed by atoms with Gasteiger partial charge in [0.15, 0.2) is 0 Å². The third-order valence-electron chi connectivity index (χ3n) is 2.71. The quantitative estimate of drug-likeness (QED) is 0.820. The van der Waals surface area contributed by atoms with E-state index in [1.54, 1.807) is 12.1 Å². The number of anilines is 2. The second-order valence-electron chi connectivity index (χ2n) is 4.14. The Hall–Kier alpha value is -1.46. The summed E-state index contributed by atoms with van der Waals surface area (Å²) in [6.07, 6.45) is 0. The van der Waals surface area contributed by atoms with Gasteiger partial charge in [0.1, 0.15) is 10.8 Å². The first-order valence-corrected chi connectivity index (χ1v) is 6.80. The molecule has 0 aromatic heterocycles. The van der Waals surface area contributed by atoms with Crippen LogP contribution in [-0.4, -0.2) is 4.99 Å². The van der Waals surface area contributed by atoms with Gasteiger partial charge in [-0.15, -0.1) is 0 Å². The van der Waals surface area contributed by atoms with Gasteiger partial charge in [0.25, 0.3) is 0 Å². The highest BCUT2D eigenvalue weighted by Gasteiger charge is 2.07. The van der Waals surface area contributed by atoms with E-state index >= 15 is 0 Å². The molecule has 0 atom stereocenters. The molecule has 2 aromatic rings. The third kappa shape index (κ3) is 3.30. The molecule has 0 bridgehead atoms. The van der Waals surface area contributed by atoms with Crippen molar-refractivity contribution in [3.8, 4) is 0 Å². The number of hydrogen-bond donors (Lipinski definition) is 2. The monoisotopic (exact) mass is 338 g/mol. The van der Waals surface area contributed by atoms with Gasteiger partial charge in [-0.05, 0) is 42.8 Å². The number of rotatable bonds is 3. The molecular weight excluding hydrogens is 327 g/mol. The zero-order valence-electron chi connectivity index (χ0n) is 10.2. The highest BCUT2D eigenvalue weighted by atomic mass is 79.9. The Balaban J connectivity index is 2.31. The van der Waals surface area contributed by atoms with Crippen molar-refractivity contribution in [2.75, 3.05) is 5.32 Å². The van der Waals surface area contributed by atoms with Crippen LogP contribution in [0, 0.1) is 12.7 Å². The summed E-state index contributed by atoms with van der Waals surface area (Å²) in [7, 11) is 0. The van der Waals surface area contributed by atoms with Crippen LogP contribution in [0.1, 0.15) is 11.1 Å². The van der Waals surface area contributed by atoms with Crippen LogP contribution >= 0.6 is 28.1 Å². The molecule has 0 heterocycles. The fourth-order valence-corrected chi connectivity index (χ4v) is 2.20. The minimum absolute atomic E-state index is 0.0580. The number of halogens is 2. The molecule has 0 aliphatic rings. The number of thiocarbonyl (C=S) groups is 1. The van der Waals surface area contributed by atoms with Gasteiger partial charge in [0.2, 0.25) is 0 Å². The Morgan fingerprint density at radius 1 is 1.26 bits per heavy atom. The molecular formula is C14H12BrFN2S. The smallest absolute Gasteiger partial charge is 0.135 e. The van der Waals surface area contributed by atoms with E-state index in [9.17, 15) is 4.39 Å². The number of hydrogen-bond acceptors (Lipinski definition) is 2. The lowest BCUT2D eigenvalue weighted by Gasteiger charge is -2.11. The van der Waals surface area contributed by atoms with Gasteiger partial charge in [-0.2, -0.15) is 0 Å². The van der Waals surface area contributed by atoms with E-state index in [2.05, 4.69) is 21.2 Å². The molecule has 5 heteroatoms. The lowest BCUT2D eigenvalue weighted by Crippen LogP contribution is -2.11. The topological polar surface area (TPSA) is 38.0 Å². The first kappa shape index (κ1) is 14.0. The van der Waals surface area contributed by atoms with Crippen LogP contribution in [0.25, 0.3) is 0 Å². The van der Waals surface area contributed by atoms with Crippen molar-refractivity contribution in [2.45, 2.75) is 6.92 Å². The molecule has 3 N–H and O–H groups in total. The number of benzene rings is 2. The van der Waals surface area contributed by atoms with E-state index in [1.165, 1.54) is 6.07 Å². The molecule has 0 aliphatic heterocycles. The second-order valence-corrected chi connectivity index (χ2v) is 5.50. The number of nitrogens with one attached hydrogen (secondary N) is 1. The molecule has 2 aromatic carbocycles. The maximum atomic E-state index is 13.8. The Bertz CT molecular complexity index is 643. The molecule has 19 heavy (non-hydrogen) atoms. The van der Waals surface area contributed by atoms with Crippen molar-refractivity contribution in [2.24, 2.45) is 5.73 Å². The maximum Gasteiger partial charge on any atom is 0.135 e. The van der Waals surface area contributed by atoms with Crippen LogP contribution in [0.2, 0.25) is 0 Å². The first-order valence-electron chi connectivity index (χ1n) is 5.60. The molecule has 0 aliphatic carbocycles. The largest absolute Gasteiger partial charge is 0.389 e. The molecule has 0 spiro atoms. The molecule has 98 valence electrons. The molecule has 0 radical (unpaired) electrons. The van der Waals surface area contributed by atoms with E-state index in [0.29, 0.717) is 5.69 Å². The van der Waals surface area contributed by atoms with Gasteiger partial charge in [-0.1, -0.05) is 34.2 Å². The Labute approximate surface area is 124 Å². The molecule has 2 nitrogen and oxygen atoms in total. The fourth-order valence-electron chi connectivity index (χ4n) is 1.68. The summed E-state index contributed by atoms with van der Waals surface area (Å²) in [5.74, 6) is -0.426. The zero-order chi connectivity index (χ0) is 14.0. The van der Waals surface area contributed by atoms with E-state index in [-0.39, 0.29) is 10.6 Å². The van der Waals surface area contributed by atoms with Crippen LogP contribution in [0.5, 0.6) is 0 Å². The number of aryl methyl sites for hydroxylation is 1. The summed E-state index contributed by atoms with van der Waals surface area (Å²) in [6, 6.07) is 10.6.